The van der Waals surface area contributed by atoms with E-state index in [9.17, 15) is 33.1 Å². The normalized spacial score (nSPS) is 20.7. The number of alkyl carbamates (subject to hydrolysis) is 1. The number of halogens is 2. The summed E-state index contributed by atoms with van der Waals surface area (Å²) in [6.07, 6.45) is 4.01. The second-order valence-electron chi connectivity index (χ2n) is 17.1. The number of H-pyrrole nitrogens is 2. The summed E-state index contributed by atoms with van der Waals surface area (Å²) in [7, 11) is 1.23. The van der Waals surface area contributed by atoms with Crippen molar-refractivity contribution >= 4 is 24.0 Å². The molecule has 320 valence electrons. The van der Waals surface area contributed by atoms with Crippen molar-refractivity contribution < 1.29 is 37.8 Å². The molecule has 0 bridgehead atoms. The lowest BCUT2D eigenvalue weighted by atomic mass is 9.77. The topological polar surface area (TPSA) is 186 Å². The van der Waals surface area contributed by atoms with Crippen molar-refractivity contribution in [2.24, 2.45) is 11.8 Å². The summed E-state index contributed by atoms with van der Waals surface area (Å²) in [5.74, 6) is -2.61. The van der Waals surface area contributed by atoms with E-state index in [0.717, 1.165) is 40.8 Å². The first-order chi connectivity index (χ1) is 28.6. The third kappa shape index (κ3) is 8.59. The molecule has 2 aliphatic heterocycles. The van der Waals surface area contributed by atoms with E-state index in [0.29, 0.717) is 36.7 Å². The molecule has 0 radical (unpaired) electrons. The summed E-state index contributed by atoms with van der Waals surface area (Å²) in [5.41, 5.74) is 4.38. The van der Waals surface area contributed by atoms with Crippen LogP contribution in [0, 0.1) is 11.8 Å². The van der Waals surface area contributed by atoms with Crippen molar-refractivity contribution in [3.05, 3.63) is 72.6 Å². The molecule has 16 heteroatoms. The number of ether oxygens (including phenoxy) is 1. The predicted octanol–water partition coefficient (Wildman–Crippen LogP) is 8.08. The first-order valence-electron chi connectivity index (χ1n) is 20.8. The Morgan fingerprint density at radius 1 is 0.733 bits per heavy atom. The Morgan fingerprint density at radius 3 is 1.73 bits per heavy atom. The number of rotatable bonds is 11. The summed E-state index contributed by atoms with van der Waals surface area (Å²) in [6, 6.07) is 13.5. The highest BCUT2D eigenvalue weighted by molar-refractivity contribution is 5.87. The lowest BCUT2D eigenvalue weighted by molar-refractivity contribution is -0.147. The molecule has 2 aromatic heterocycles. The highest BCUT2D eigenvalue weighted by Gasteiger charge is 2.55. The standard InChI is InChI=1S/C44H54F2N8O6/c1-25(2)35(51-41(57)58)39(55)53-22-6-7-33(53)37-47-23-31(49-37)29-12-8-27(9-13-29)28-10-14-30(15-11-28)32-24-48-38(50-32)34-16-17-43(18-20-44(45,46)21-19-43)54(34)40(56)36(26(3)4)52-42(59)60-5/h8-15,23-26,33-36,51H,6-7,16-22H2,1-5H3,(H,47,49)(H,48,50)(H,52,59)(H,57,58)/t33-,34?,35-,36-/m0/s1. The van der Waals surface area contributed by atoms with Gasteiger partial charge in [-0.15, -0.1) is 0 Å². The summed E-state index contributed by atoms with van der Waals surface area (Å²) in [5, 5.41) is 14.4. The monoisotopic (exact) mass is 828 g/mol. The van der Waals surface area contributed by atoms with Crippen LogP contribution in [-0.4, -0.2) is 96.0 Å². The number of benzene rings is 2. The average Bonchev–Trinajstić information content (AvgIpc) is 4.06. The van der Waals surface area contributed by atoms with Crippen LogP contribution in [0.4, 0.5) is 18.4 Å². The van der Waals surface area contributed by atoms with Crippen LogP contribution in [0.2, 0.25) is 0 Å². The molecule has 14 nitrogen and oxygen atoms in total. The molecule has 1 unspecified atom stereocenters. The van der Waals surface area contributed by atoms with Gasteiger partial charge in [0.05, 0.1) is 30.6 Å². The van der Waals surface area contributed by atoms with Gasteiger partial charge in [-0.25, -0.2) is 28.3 Å². The van der Waals surface area contributed by atoms with Gasteiger partial charge in [0.15, 0.2) is 0 Å². The van der Waals surface area contributed by atoms with Gasteiger partial charge in [-0.3, -0.25) is 9.59 Å². The zero-order chi connectivity index (χ0) is 42.9. The van der Waals surface area contributed by atoms with Gasteiger partial charge in [-0.1, -0.05) is 76.2 Å². The molecule has 4 heterocycles. The Balaban J connectivity index is 1.05. The molecule has 2 aromatic carbocycles. The van der Waals surface area contributed by atoms with E-state index in [4.69, 9.17) is 14.7 Å². The Labute approximate surface area is 347 Å². The summed E-state index contributed by atoms with van der Waals surface area (Å²) in [6.45, 7) is 7.82. The summed E-state index contributed by atoms with van der Waals surface area (Å²) in [4.78, 5) is 71.2. The van der Waals surface area contributed by atoms with Crippen molar-refractivity contribution in [1.29, 1.82) is 0 Å². The molecule has 4 atom stereocenters. The van der Waals surface area contributed by atoms with E-state index in [2.05, 4.69) is 20.6 Å². The van der Waals surface area contributed by atoms with E-state index in [1.807, 2.05) is 82.4 Å². The number of methoxy groups -OCH3 is 1. The average molecular weight is 829 g/mol. The van der Waals surface area contributed by atoms with E-state index in [1.54, 1.807) is 16.0 Å². The summed E-state index contributed by atoms with van der Waals surface area (Å²) < 4.78 is 33.7. The number of carbonyl (C=O) groups excluding carboxylic acids is 3. The van der Waals surface area contributed by atoms with Crippen LogP contribution in [0.25, 0.3) is 33.6 Å². The van der Waals surface area contributed by atoms with Gasteiger partial charge in [0.25, 0.3) is 0 Å². The minimum Gasteiger partial charge on any atom is -0.465 e. The number of carboxylic acid groups (broad SMARTS) is 1. The fourth-order valence-corrected chi connectivity index (χ4v) is 9.17. The second-order valence-corrected chi connectivity index (χ2v) is 17.1. The van der Waals surface area contributed by atoms with Crippen LogP contribution in [0.15, 0.2) is 60.9 Å². The molecule has 3 aliphatic rings. The van der Waals surface area contributed by atoms with E-state index >= 15 is 0 Å². The minimum atomic E-state index is -2.78. The lowest BCUT2D eigenvalue weighted by Crippen LogP contribution is -2.58. The Morgan fingerprint density at radius 2 is 1.23 bits per heavy atom. The Hall–Kier alpha value is -5.80. The maximum Gasteiger partial charge on any atom is 0.407 e. The zero-order valence-corrected chi connectivity index (χ0v) is 34.6. The summed E-state index contributed by atoms with van der Waals surface area (Å²) >= 11 is 0. The molecule has 2 saturated heterocycles. The number of hydrogen-bond donors (Lipinski definition) is 5. The molecule has 4 amide bonds. The lowest BCUT2D eigenvalue weighted by Gasteiger charge is -2.46. The number of imidazole rings is 2. The maximum absolute atomic E-state index is 14.4. The van der Waals surface area contributed by atoms with Crippen LogP contribution in [0.3, 0.4) is 0 Å². The number of alkyl halides is 2. The van der Waals surface area contributed by atoms with Crippen molar-refractivity contribution in [2.45, 2.75) is 115 Å². The SMILES string of the molecule is COC(=O)N[C@H](C(=O)N1C(c2nc(-c3ccc(-c4ccc(-c5c[nH]c([C@@H]6CCCN6C(=O)[C@@H](NC(=O)O)C(C)C)n5)cc4)cc3)c[nH]2)CCC12CCC(F)(F)CC2)C(C)C. The fraction of sp³-hybridized carbons (Fsp3) is 0.500. The molecular weight excluding hydrogens is 775 g/mol. The number of amides is 4. The first kappa shape index (κ1) is 42.3. The predicted molar refractivity (Wildman–Crippen MR) is 220 cm³/mol. The largest absolute Gasteiger partial charge is 0.465 e. The molecule has 5 N–H and O–H groups in total. The molecule has 7 rings (SSSR count). The number of hydrogen-bond acceptors (Lipinski definition) is 7. The Kier molecular flexibility index (Phi) is 12.0. The highest BCUT2D eigenvalue weighted by Crippen LogP contribution is 2.52. The number of aromatic nitrogens is 4. The van der Waals surface area contributed by atoms with E-state index in [-0.39, 0.29) is 55.4 Å². The van der Waals surface area contributed by atoms with Crippen molar-refractivity contribution in [3.8, 4) is 33.6 Å². The molecule has 1 aliphatic carbocycles. The highest BCUT2D eigenvalue weighted by atomic mass is 19.3. The van der Waals surface area contributed by atoms with Gasteiger partial charge in [0.1, 0.15) is 23.7 Å². The molecule has 1 saturated carbocycles. The smallest absolute Gasteiger partial charge is 0.407 e. The van der Waals surface area contributed by atoms with Crippen molar-refractivity contribution in [1.82, 2.24) is 40.4 Å². The number of likely N-dealkylation sites (tertiary alicyclic amines) is 2. The van der Waals surface area contributed by atoms with E-state index in [1.165, 1.54) is 7.11 Å². The number of carbonyl (C=O) groups is 4. The number of aromatic amines is 2. The zero-order valence-electron chi connectivity index (χ0n) is 34.6. The fourth-order valence-electron chi connectivity index (χ4n) is 9.17. The van der Waals surface area contributed by atoms with Crippen LogP contribution in [0.1, 0.15) is 103 Å². The third-order valence-electron chi connectivity index (χ3n) is 12.5. The van der Waals surface area contributed by atoms with Crippen LogP contribution < -0.4 is 10.6 Å². The van der Waals surface area contributed by atoms with Crippen LogP contribution in [-0.2, 0) is 14.3 Å². The third-order valence-corrected chi connectivity index (χ3v) is 12.5. The maximum atomic E-state index is 14.4. The Bertz CT molecular complexity index is 2180. The van der Waals surface area contributed by atoms with Gasteiger partial charge in [-0.2, -0.15) is 0 Å². The van der Waals surface area contributed by atoms with Gasteiger partial charge in [0.2, 0.25) is 17.7 Å². The van der Waals surface area contributed by atoms with Gasteiger partial charge in [0, 0.05) is 48.4 Å². The molecule has 1 spiro atoms. The molecule has 60 heavy (non-hydrogen) atoms. The molecule has 3 fully saturated rings. The van der Waals surface area contributed by atoms with Crippen molar-refractivity contribution in [2.75, 3.05) is 13.7 Å². The minimum absolute atomic E-state index is 0.167. The molecule has 4 aromatic rings. The quantitative estimate of drug-likeness (QED) is 0.100. The molecular formula is C44H54F2N8O6. The van der Waals surface area contributed by atoms with E-state index < -0.39 is 41.8 Å². The van der Waals surface area contributed by atoms with Crippen LogP contribution in [0.5, 0.6) is 0 Å². The van der Waals surface area contributed by atoms with Gasteiger partial charge < -0.3 is 40.2 Å². The van der Waals surface area contributed by atoms with Crippen molar-refractivity contribution in [3.63, 3.8) is 0 Å². The number of nitrogens with one attached hydrogen (secondary N) is 4. The van der Waals surface area contributed by atoms with Gasteiger partial charge in [-0.05, 0) is 61.5 Å². The van der Waals surface area contributed by atoms with Crippen LogP contribution >= 0.6 is 0 Å². The second kappa shape index (κ2) is 17.1. The first-order valence-corrected chi connectivity index (χ1v) is 20.8. The van der Waals surface area contributed by atoms with Gasteiger partial charge >= 0.3 is 12.2 Å². The number of nitrogens with zero attached hydrogens (tertiary/aromatic N) is 4.